The smallest absolute Gasteiger partial charge is 0.445 e. The Labute approximate surface area is 532 Å². The molecule has 0 spiro atoms. The van der Waals surface area contributed by atoms with Gasteiger partial charge in [-0.15, -0.1) is 0 Å². The van der Waals surface area contributed by atoms with Gasteiger partial charge in [0.1, 0.15) is 79.5 Å². The fraction of sp³-hybridized carbons (Fsp3) is 0.490. The van der Waals surface area contributed by atoms with Crippen molar-refractivity contribution in [1.29, 1.82) is 0 Å². The third-order valence-electron chi connectivity index (χ3n) is 14.6. The first-order valence-electron chi connectivity index (χ1n) is 28.2. The average Bonchev–Trinajstić information content (AvgIpc) is 1.62. The molecule has 8 heterocycles. The zero-order chi connectivity index (χ0) is 66.3. The van der Waals surface area contributed by atoms with Gasteiger partial charge >= 0.3 is 31.8 Å². The Bertz CT molecular complexity index is 3720. The molecular formula is C51H65N17O20P2S2. The number of nitrogens with two attached hydrogens (primary N) is 3. The molecule has 13 atom stereocenters. The number of aliphatic hydroxyl groups excluding tert-OH is 1. The number of urea groups is 1. The van der Waals surface area contributed by atoms with Crippen molar-refractivity contribution in [2.24, 2.45) is 11.7 Å². The number of carbonyl (C=O) groups excluding carboxylic acids is 8. The molecular weight excluding hydrogens is 1300 g/mol. The van der Waals surface area contributed by atoms with Crippen molar-refractivity contribution in [2.45, 2.75) is 114 Å². The van der Waals surface area contributed by atoms with Crippen molar-refractivity contribution in [3.8, 4) is 0 Å². The quantitative estimate of drug-likeness (QED) is 0.0158. The number of hydrogen-bond donors (Lipinski definition) is 10. The molecule has 8 amide bonds. The van der Waals surface area contributed by atoms with Crippen LogP contribution in [0.4, 0.5) is 31.7 Å². The molecule has 2 bridgehead atoms. The third kappa shape index (κ3) is 16.4. The zero-order valence-corrected chi connectivity index (χ0v) is 52.8. The number of hydrogen-bond acceptors (Lipinski definition) is 28. The molecule has 0 saturated carbocycles. The van der Waals surface area contributed by atoms with Crippen molar-refractivity contribution in [2.75, 3.05) is 56.7 Å². The predicted molar refractivity (Wildman–Crippen MR) is 323 cm³/mol. The second-order valence-electron chi connectivity index (χ2n) is 21.4. The monoisotopic (exact) mass is 1360 g/mol. The lowest BCUT2D eigenvalue weighted by Crippen LogP contribution is -2.54. The maximum absolute atomic E-state index is 14.2. The molecule has 37 nitrogen and oxygen atoms in total. The first-order chi connectivity index (χ1) is 43.7. The summed E-state index contributed by atoms with van der Waals surface area (Å²) in [7, 11) is 1.36. The van der Waals surface area contributed by atoms with Crippen molar-refractivity contribution in [3.05, 3.63) is 67.3 Å². The molecule has 4 aliphatic heterocycles. The van der Waals surface area contributed by atoms with Gasteiger partial charge in [0.05, 0.1) is 31.9 Å². The number of thiol groups is 1. The lowest BCUT2D eigenvalue weighted by Gasteiger charge is -2.30. The summed E-state index contributed by atoms with van der Waals surface area (Å²) in [5.74, 6) is -3.57. The Morgan fingerprint density at radius 2 is 1.50 bits per heavy atom. The fourth-order valence-electron chi connectivity index (χ4n) is 10.00. The number of nitrogens with zero attached hydrogens (tertiary/aromatic N) is 10. The molecule has 0 radical (unpaired) electrons. The summed E-state index contributed by atoms with van der Waals surface area (Å²) in [5, 5.41) is 22.1. The third-order valence-corrected chi connectivity index (χ3v) is 17.9. The molecule has 4 aromatic heterocycles. The van der Waals surface area contributed by atoms with Crippen molar-refractivity contribution >= 4 is 125 Å². The molecule has 92 heavy (non-hydrogen) atoms. The molecule has 3 fully saturated rings. The van der Waals surface area contributed by atoms with Crippen LogP contribution < -0.4 is 38.5 Å². The minimum Gasteiger partial charge on any atom is -0.445 e. The van der Waals surface area contributed by atoms with Crippen LogP contribution in [0.1, 0.15) is 58.1 Å². The van der Waals surface area contributed by atoms with E-state index in [-0.39, 0.29) is 85.2 Å². The number of nitrogens with one attached hydrogen (secondary N) is 4. The van der Waals surface area contributed by atoms with Crippen LogP contribution >= 0.6 is 25.8 Å². The fourth-order valence-corrected chi connectivity index (χ4v) is 13.3. The van der Waals surface area contributed by atoms with Crippen molar-refractivity contribution in [1.82, 2.24) is 64.8 Å². The highest BCUT2D eigenvalue weighted by atomic mass is 32.7. The van der Waals surface area contributed by atoms with Crippen LogP contribution in [0.2, 0.25) is 0 Å². The van der Waals surface area contributed by atoms with Gasteiger partial charge in [-0.05, 0) is 55.2 Å². The molecule has 4 aliphatic rings. The minimum absolute atomic E-state index is 0.0270. The largest absolute Gasteiger partial charge is 0.508 e. The standard InChI is InChI=1S/C51H65N17O20P2S2/c1-24(2)33(64-30(69)13-15-66-31(70)11-12-32(66)71)46(74)63-28(6-5-14-55-49(54)75)45(73)62-27-9-7-26(8-10-27)18-81-50(76)65(4)16-17-80-51(77)85-40-38-29(83-48(40)68-23-61-35-42(53)57-21-59-44(35)68)19-82-89(78,91)88-39-36(72)37(25(3)86-90(79,92)87-38)84-47(39)67-22-60-34-41(52)56-20-58-43(34)67/h7-12,20-25,28-29,33,36-40,47-48,72H,5-6,13-19H2,1-4H3,(H,62,73)(H,63,74)(H,64,69)(H,78,91)(H,79,92)(H2,52,56,58)(H2,53,57,59)(H3,54,55,75)/t25-,28+,29?,33+,36-,37-,38-,39-,40-,47-,48-,89?,90?/m1/s1. The first-order valence-corrected chi connectivity index (χ1v) is 33.4. The van der Waals surface area contributed by atoms with Gasteiger partial charge in [-0.3, -0.25) is 51.6 Å². The maximum Gasteiger partial charge on any atom is 0.508 e. The second-order valence-corrected chi connectivity index (χ2v) is 27.1. The first kappa shape index (κ1) is 68.3. The van der Waals surface area contributed by atoms with Gasteiger partial charge in [-0.1, -0.05) is 38.2 Å². The Morgan fingerprint density at radius 1 is 0.859 bits per heavy atom. The number of nitrogen functional groups attached to an aromatic ring is 2. The molecule has 0 aliphatic carbocycles. The van der Waals surface area contributed by atoms with E-state index in [1.54, 1.807) is 26.0 Å². The van der Waals surface area contributed by atoms with E-state index in [0.29, 0.717) is 5.56 Å². The predicted octanol–water partition coefficient (Wildman–Crippen LogP) is 0.565. The van der Waals surface area contributed by atoms with E-state index in [0.717, 1.165) is 28.3 Å². The maximum atomic E-state index is 14.2. The van der Waals surface area contributed by atoms with Gasteiger partial charge in [0.25, 0.3) is 11.8 Å². The number of rotatable bonds is 21. The summed E-state index contributed by atoms with van der Waals surface area (Å²) in [6, 6.07) is 3.03. The molecule has 41 heteroatoms. The van der Waals surface area contributed by atoms with Crippen molar-refractivity contribution in [3.63, 3.8) is 0 Å². The van der Waals surface area contributed by atoms with Crippen LogP contribution in [0.5, 0.6) is 0 Å². The molecule has 3 unspecified atom stereocenters. The highest BCUT2D eigenvalue weighted by Crippen LogP contribution is 2.59. The Balaban J connectivity index is 0.809. The van der Waals surface area contributed by atoms with Gasteiger partial charge in [-0.2, -0.15) is 0 Å². The summed E-state index contributed by atoms with van der Waals surface area (Å²) in [6.45, 7) is -6.26. The molecule has 3 saturated heterocycles. The Hall–Kier alpha value is -8.07. The molecule has 496 valence electrons. The Kier molecular flexibility index (Phi) is 21.7. The number of likely N-dealkylation sites (N-methyl/N-ethyl adjacent to an activating group) is 1. The lowest BCUT2D eigenvalue weighted by molar-refractivity contribution is -0.137. The van der Waals surface area contributed by atoms with Gasteiger partial charge in [0.2, 0.25) is 17.7 Å². The van der Waals surface area contributed by atoms with E-state index in [9.17, 15) is 52.9 Å². The van der Waals surface area contributed by atoms with Crippen LogP contribution in [0, 0.1) is 5.92 Å². The van der Waals surface area contributed by atoms with Crippen LogP contribution in [-0.4, -0.2) is 201 Å². The van der Waals surface area contributed by atoms with Crippen molar-refractivity contribution < 1.29 is 94.7 Å². The van der Waals surface area contributed by atoms with E-state index in [1.807, 2.05) is 0 Å². The second kappa shape index (κ2) is 29.3. The minimum atomic E-state index is -4.59. The molecule has 12 N–H and O–H groups in total. The normalized spacial score (nSPS) is 26.3. The zero-order valence-electron chi connectivity index (χ0n) is 49.3. The number of benzene rings is 1. The number of carbonyl (C=O) groups is 8. The number of fused-ring (bicyclic) bond motifs is 5. The lowest BCUT2D eigenvalue weighted by atomic mass is 10.0. The van der Waals surface area contributed by atoms with Gasteiger partial charge in [-0.25, -0.2) is 48.9 Å². The number of imidazole rings is 2. The summed E-state index contributed by atoms with van der Waals surface area (Å²) >= 11 is 9.75. The van der Waals surface area contributed by atoms with Crippen LogP contribution in [0.3, 0.4) is 0 Å². The number of amides is 8. The van der Waals surface area contributed by atoms with E-state index in [4.69, 9.17) is 70.8 Å². The number of aliphatic hydroxyl groups is 1. The summed E-state index contributed by atoms with van der Waals surface area (Å²) in [4.78, 5) is 141. The van der Waals surface area contributed by atoms with E-state index >= 15 is 0 Å². The average molecular weight is 1360 g/mol. The number of anilines is 3. The number of imide groups is 1. The number of aromatic nitrogens is 8. The summed E-state index contributed by atoms with van der Waals surface area (Å²) < 4.78 is 69.9. The number of primary amides is 1. The highest BCUT2D eigenvalue weighted by Gasteiger charge is 2.56. The van der Waals surface area contributed by atoms with Gasteiger partial charge in [0, 0.05) is 44.4 Å². The molecule has 9 rings (SSSR count). The molecule has 1 aromatic carbocycles. The topological polar surface area (TPSA) is 497 Å². The van der Waals surface area contributed by atoms with Crippen LogP contribution in [-0.2, 0) is 88.7 Å². The van der Waals surface area contributed by atoms with E-state index in [1.165, 1.54) is 54.2 Å². The SMILES string of the molecule is CC(C)[C@H](NC(=O)CCN1C(=O)C=CC1=O)C(=O)N[C@@H](CCCNC(N)=O)C(=O)Nc1ccc(COC(=O)N(C)CCOC(=O)O[C@@H]2[C@@H]3OP(O)(=S)O[C@H](C)[C@H]4O[C@@H](n5cnc6c(N)ncnc65)[C@H](OP(=O)(S)OCC3O[C@H]2n2cnc3c(N)ncnc32)[C@@H]4O)cc1. The van der Waals surface area contributed by atoms with Gasteiger partial charge in [0.15, 0.2) is 41.5 Å². The summed E-state index contributed by atoms with van der Waals surface area (Å²) in [6.07, 6.45) is -8.73. The van der Waals surface area contributed by atoms with Crippen LogP contribution in [0.15, 0.2) is 61.7 Å². The summed E-state index contributed by atoms with van der Waals surface area (Å²) in [5.41, 5.74) is 18.6. The van der Waals surface area contributed by atoms with E-state index in [2.05, 4.69) is 63.4 Å². The highest BCUT2D eigenvalue weighted by molar-refractivity contribution is 8.44. The van der Waals surface area contributed by atoms with Crippen LogP contribution in [0.25, 0.3) is 22.3 Å². The van der Waals surface area contributed by atoms with E-state index < -0.39 is 148 Å². The Morgan fingerprint density at radius 3 is 2.13 bits per heavy atom. The molecule has 5 aromatic rings. The number of ether oxygens (including phenoxy) is 5. The van der Waals surface area contributed by atoms with Gasteiger partial charge < -0.3 is 81.6 Å².